The molecule has 1 amide bonds. The zero-order valence-electron chi connectivity index (χ0n) is 16.3. The van der Waals surface area contributed by atoms with Gasteiger partial charge in [-0.3, -0.25) is 9.69 Å². The minimum Gasteiger partial charge on any atom is -0.375 e. The molecule has 0 N–H and O–H groups in total. The summed E-state index contributed by atoms with van der Waals surface area (Å²) in [5, 5.41) is 3.95. The van der Waals surface area contributed by atoms with Gasteiger partial charge in [0.25, 0.3) is 0 Å². The number of nitrogens with zero attached hydrogens (tertiary/aromatic N) is 4. The average molecular weight is 372 g/mol. The molecular formula is C20H28N4O3. The van der Waals surface area contributed by atoms with Crippen molar-refractivity contribution in [1.82, 2.24) is 19.9 Å². The molecule has 2 aromatic rings. The molecular weight excluding hydrogens is 344 g/mol. The lowest BCUT2D eigenvalue weighted by molar-refractivity contribution is -0.135. The quantitative estimate of drug-likeness (QED) is 0.743. The maximum Gasteiger partial charge on any atom is 0.229 e. The molecule has 1 aromatic carbocycles. The van der Waals surface area contributed by atoms with Crippen molar-refractivity contribution in [2.24, 2.45) is 0 Å². The number of carbonyl (C=O) groups is 1. The van der Waals surface area contributed by atoms with E-state index in [1.807, 2.05) is 32.0 Å². The van der Waals surface area contributed by atoms with E-state index in [-0.39, 0.29) is 17.9 Å². The molecule has 2 heterocycles. The van der Waals surface area contributed by atoms with Gasteiger partial charge in [0.05, 0.1) is 25.7 Å². The summed E-state index contributed by atoms with van der Waals surface area (Å²) < 4.78 is 11.0. The smallest absolute Gasteiger partial charge is 0.229 e. The van der Waals surface area contributed by atoms with E-state index < -0.39 is 0 Å². The number of amides is 1. The Balaban J connectivity index is 1.48. The number of rotatable bonds is 7. The van der Waals surface area contributed by atoms with Crippen molar-refractivity contribution >= 4 is 5.91 Å². The molecule has 1 fully saturated rings. The standard InChI is InChI=1S/C20H28N4O3/c1-15(2)20-21-18(22-27-20)14-23(3)19(25)11-17-13-24(9-10-26-17)12-16-7-5-4-6-8-16/h4-8,15,17H,9-14H2,1-3H3/t17-/m0/s1. The minimum atomic E-state index is -0.0890. The van der Waals surface area contributed by atoms with Crippen LogP contribution in [0.1, 0.15) is 43.5 Å². The Kier molecular flexibility index (Phi) is 6.58. The molecule has 0 aliphatic carbocycles. The second-order valence-corrected chi connectivity index (χ2v) is 7.37. The Hall–Kier alpha value is -2.25. The van der Waals surface area contributed by atoms with Gasteiger partial charge in [0, 0.05) is 32.6 Å². The maximum atomic E-state index is 12.6. The van der Waals surface area contributed by atoms with E-state index >= 15 is 0 Å². The number of ether oxygens (including phenoxy) is 1. The lowest BCUT2D eigenvalue weighted by Gasteiger charge is -2.33. The van der Waals surface area contributed by atoms with Gasteiger partial charge in [0.15, 0.2) is 5.82 Å². The van der Waals surface area contributed by atoms with Crippen molar-refractivity contribution in [2.75, 3.05) is 26.7 Å². The van der Waals surface area contributed by atoms with Crippen molar-refractivity contribution in [2.45, 2.75) is 45.4 Å². The molecule has 0 saturated carbocycles. The van der Waals surface area contributed by atoms with Crippen LogP contribution in [-0.4, -0.2) is 58.7 Å². The lowest BCUT2D eigenvalue weighted by atomic mass is 10.1. The first-order chi connectivity index (χ1) is 13.0. The fraction of sp³-hybridized carbons (Fsp3) is 0.550. The predicted molar refractivity (Wildman–Crippen MR) is 101 cm³/mol. The van der Waals surface area contributed by atoms with E-state index in [4.69, 9.17) is 9.26 Å². The second kappa shape index (κ2) is 9.10. The Morgan fingerprint density at radius 3 is 2.81 bits per heavy atom. The van der Waals surface area contributed by atoms with Crippen LogP contribution in [0.2, 0.25) is 0 Å². The molecule has 1 saturated heterocycles. The van der Waals surface area contributed by atoms with E-state index in [2.05, 4.69) is 27.2 Å². The summed E-state index contributed by atoms with van der Waals surface area (Å²) in [5.41, 5.74) is 1.28. The van der Waals surface area contributed by atoms with Crippen molar-refractivity contribution in [3.63, 3.8) is 0 Å². The fourth-order valence-electron chi connectivity index (χ4n) is 3.11. The van der Waals surface area contributed by atoms with Crippen LogP contribution >= 0.6 is 0 Å². The molecule has 0 radical (unpaired) electrons. The van der Waals surface area contributed by atoms with Crippen molar-refractivity contribution < 1.29 is 14.1 Å². The van der Waals surface area contributed by atoms with Crippen LogP contribution in [0.4, 0.5) is 0 Å². The van der Waals surface area contributed by atoms with Gasteiger partial charge in [0.1, 0.15) is 0 Å². The molecule has 1 atom stereocenters. The summed E-state index contributed by atoms with van der Waals surface area (Å²) in [7, 11) is 1.76. The predicted octanol–water partition coefficient (Wildman–Crippen LogP) is 2.44. The zero-order valence-corrected chi connectivity index (χ0v) is 16.3. The number of hydrogen-bond donors (Lipinski definition) is 0. The molecule has 1 aliphatic heterocycles. The third-order valence-corrected chi connectivity index (χ3v) is 4.66. The van der Waals surface area contributed by atoms with Gasteiger partial charge >= 0.3 is 0 Å². The number of aromatic nitrogens is 2. The van der Waals surface area contributed by atoms with Gasteiger partial charge in [-0.25, -0.2) is 0 Å². The summed E-state index contributed by atoms with van der Waals surface area (Å²) in [4.78, 5) is 20.9. The highest BCUT2D eigenvalue weighted by Crippen LogP contribution is 2.15. The summed E-state index contributed by atoms with van der Waals surface area (Å²) >= 11 is 0. The molecule has 3 rings (SSSR count). The molecule has 0 spiro atoms. The van der Waals surface area contributed by atoms with Crippen LogP contribution in [0.5, 0.6) is 0 Å². The first-order valence-electron chi connectivity index (χ1n) is 9.45. The number of hydrogen-bond acceptors (Lipinski definition) is 6. The van der Waals surface area contributed by atoms with Crippen LogP contribution in [0.15, 0.2) is 34.9 Å². The Bertz CT molecular complexity index is 732. The summed E-state index contributed by atoms with van der Waals surface area (Å²) in [5.74, 6) is 1.33. The highest BCUT2D eigenvalue weighted by molar-refractivity contribution is 5.76. The first kappa shape index (κ1) is 19.5. The molecule has 0 bridgehead atoms. The molecule has 7 heteroatoms. The highest BCUT2D eigenvalue weighted by atomic mass is 16.5. The zero-order chi connectivity index (χ0) is 19.2. The monoisotopic (exact) mass is 372 g/mol. The molecule has 146 valence electrons. The van der Waals surface area contributed by atoms with Crippen LogP contribution in [0.3, 0.4) is 0 Å². The van der Waals surface area contributed by atoms with Gasteiger partial charge in [0.2, 0.25) is 11.8 Å². The van der Waals surface area contributed by atoms with E-state index in [1.54, 1.807) is 11.9 Å². The average Bonchev–Trinajstić information content (AvgIpc) is 3.11. The Morgan fingerprint density at radius 1 is 1.33 bits per heavy atom. The van der Waals surface area contributed by atoms with Crippen LogP contribution < -0.4 is 0 Å². The largest absolute Gasteiger partial charge is 0.375 e. The first-order valence-corrected chi connectivity index (χ1v) is 9.45. The summed E-state index contributed by atoms with van der Waals surface area (Å²) in [6, 6.07) is 10.4. The van der Waals surface area contributed by atoms with Crippen LogP contribution in [-0.2, 0) is 22.6 Å². The van der Waals surface area contributed by atoms with Gasteiger partial charge in [-0.05, 0) is 5.56 Å². The van der Waals surface area contributed by atoms with Gasteiger partial charge in [-0.15, -0.1) is 0 Å². The number of carbonyl (C=O) groups excluding carboxylic acids is 1. The number of benzene rings is 1. The van der Waals surface area contributed by atoms with Gasteiger partial charge < -0.3 is 14.2 Å². The van der Waals surface area contributed by atoms with Gasteiger partial charge in [-0.1, -0.05) is 49.3 Å². The molecule has 7 nitrogen and oxygen atoms in total. The van der Waals surface area contributed by atoms with E-state index in [1.165, 1.54) is 5.56 Å². The SMILES string of the molecule is CC(C)c1nc(CN(C)C(=O)C[C@H]2CN(Cc3ccccc3)CCO2)no1. The second-order valence-electron chi connectivity index (χ2n) is 7.37. The van der Waals surface area contributed by atoms with E-state index in [0.717, 1.165) is 19.6 Å². The molecule has 1 aliphatic rings. The van der Waals surface area contributed by atoms with Gasteiger partial charge in [-0.2, -0.15) is 4.98 Å². The van der Waals surface area contributed by atoms with Crippen LogP contribution in [0, 0.1) is 0 Å². The van der Waals surface area contributed by atoms with E-state index in [0.29, 0.717) is 31.3 Å². The third kappa shape index (κ3) is 5.61. The lowest BCUT2D eigenvalue weighted by Crippen LogP contribution is -2.44. The molecule has 0 unspecified atom stereocenters. The summed E-state index contributed by atoms with van der Waals surface area (Å²) in [6.07, 6.45) is 0.269. The summed E-state index contributed by atoms with van der Waals surface area (Å²) in [6.45, 7) is 7.50. The van der Waals surface area contributed by atoms with Crippen LogP contribution in [0.25, 0.3) is 0 Å². The topological polar surface area (TPSA) is 71.7 Å². The Morgan fingerprint density at radius 2 is 2.11 bits per heavy atom. The van der Waals surface area contributed by atoms with Crippen molar-refractivity contribution in [3.05, 3.63) is 47.6 Å². The normalized spacial score (nSPS) is 18.0. The Labute approximate surface area is 160 Å². The minimum absolute atomic E-state index is 0.0254. The molecule has 27 heavy (non-hydrogen) atoms. The maximum absolute atomic E-state index is 12.6. The molecule has 1 aromatic heterocycles. The van der Waals surface area contributed by atoms with Crippen molar-refractivity contribution in [3.8, 4) is 0 Å². The fourth-order valence-corrected chi connectivity index (χ4v) is 3.11. The third-order valence-electron chi connectivity index (χ3n) is 4.66. The van der Waals surface area contributed by atoms with E-state index in [9.17, 15) is 4.79 Å². The van der Waals surface area contributed by atoms with Crippen molar-refractivity contribution in [1.29, 1.82) is 0 Å². The number of morpholine rings is 1. The highest BCUT2D eigenvalue weighted by Gasteiger charge is 2.25.